The number of pyridine rings is 1. The molecule has 1 aromatic rings. The number of esters is 1. The molecule has 0 radical (unpaired) electrons. The van der Waals surface area contributed by atoms with Gasteiger partial charge in [0.1, 0.15) is 5.56 Å². The number of rotatable bonds is 6. The number of aryl methyl sites for hydroxylation is 1. The third kappa shape index (κ3) is 5.05. The summed E-state index contributed by atoms with van der Waals surface area (Å²) in [7, 11) is 4.16. The van der Waals surface area contributed by atoms with Crippen LogP contribution in [0.2, 0.25) is 0 Å². The molecule has 162 valence electrons. The van der Waals surface area contributed by atoms with Crippen LogP contribution in [0.25, 0.3) is 5.57 Å². The van der Waals surface area contributed by atoms with Gasteiger partial charge in [0.2, 0.25) is 0 Å². The van der Waals surface area contributed by atoms with Crippen molar-refractivity contribution in [2.24, 2.45) is 17.1 Å². The fourth-order valence-corrected chi connectivity index (χ4v) is 2.99. The smallest absolute Gasteiger partial charge is 0.435 e. The number of allylic oxidation sites excluding steroid dienone is 3. The number of aromatic nitrogens is 1. The van der Waals surface area contributed by atoms with Gasteiger partial charge in [0, 0.05) is 43.3 Å². The quantitative estimate of drug-likeness (QED) is 0.519. The predicted octanol–water partition coefficient (Wildman–Crippen LogP) is 3.17. The van der Waals surface area contributed by atoms with E-state index in [2.05, 4.69) is 14.8 Å². The van der Waals surface area contributed by atoms with Crippen LogP contribution in [0.3, 0.4) is 0 Å². The second-order valence-electron chi connectivity index (χ2n) is 6.52. The fraction of sp³-hybridized carbons (Fsp3) is 0.400. The van der Waals surface area contributed by atoms with Gasteiger partial charge >= 0.3 is 12.1 Å². The van der Waals surface area contributed by atoms with E-state index in [1.54, 1.807) is 0 Å². The summed E-state index contributed by atoms with van der Waals surface area (Å²) < 4.78 is 45.4. The molecule has 1 aliphatic heterocycles. The van der Waals surface area contributed by atoms with Gasteiger partial charge in [-0.25, -0.2) is 4.79 Å². The molecule has 0 aromatic carbocycles. The summed E-state index contributed by atoms with van der Waals surface area (Å²) in [4.78, 5) is 28.3. The minimum Gasteiger partial charge on any atom is -0.465 e. The lowest BCUT2D eigenvalue weighted by Crippen LogP contribution is -2.31. The molecule has 7 nitrogen and oxygen atoms in total. The molecule has 0 saturated heterocycles. The molecule has 1 aromatic heterocycles. The van der Waals surface area contributed by atoms with Crippen LogP contribution in [0.15, 0.2) is 45.0 Å². The Morgan fingerprint density at radius 3 is 2.67 bits per heavy atom. The highest BCUT2D eigenvalue weighted by atomic mass is 19.4. The molecule has 0 saturated carbocycles. The van der Waals surface area contributed by atoms with Crippen molar-refractivity contribution in [3.63, 3.8) is 0 Å². The number of carbonyl (C=O) groups excluding carboxylic acids is 1. The number of methoxy groups -OCH3 is 1. The molecule has 0 amide bonds. The Labute approximate surface area is 171 Å². The van der Waals surface area contributed by atoms with Crippen LogP contribution in [0.5, 0.6) is 0 Å². The van der Waals surface area contributed by atoms with Crippen molar-refractivity contribution in [2.45, 2.75) is 25.9 Å². The minimum atomic E-state index is -4.58. The molecule has 0 spiro atoms. The summed E-state index contributed by atoms with van der Waals surface area (Å²) in [5.41, 5.74) is -0.359. The van der Waals surface area contributed by atoms with E-state index in [-0.39, 0.29) is 12.1 Å². The van der Waals surface area contributed by atoms with E-state index < -0.39 is 23.4 Å². The van der Waals surface area contributed by atoms with Gasteiger partial charge < -0.3 is 9.30 Å². The van der Waals surface area contributed by atoms with Gasteiger partial charge in [-0.05, 0) is 18.6 Å². The third-order valence-corrected chi connectivity index (χ3v) is 4.34. The van der Waals surface area contributed by atoms with Gasteiger partial charge in [0.05, 0.1) is 13.7 Å². The zero-order chi connectivity index (χ0) is 22.5. The number of hydrazone groups is 1. The second-order valence-corrected chi connectivity index (χ2v) is 6.52. The summed E-state index contributed by atoms with van der Waals surface area (Å²) in [6, 6.07) is 1.36. The summed E-state index contributed by atoms with van der Waals surface area (Å²) in [6.45, 7) is 2.03. The largest absolute Gasteiger partial charge is 0.465 e. The van der Waals surface area contributed by atoms with Crippen LogP contribution < -0.4 is 5.56 Å². The highest BCUT2D eigenvalue weighted by Gasteiger charge is 2.36. The molecule has 0 aliphatic carbocycles. The van der Waals surface area contributed by atoms with Crippen molar-refractivity contribution in [1.29, 1.82) is 0 Å². The zero-order valence-corrected chi connectivity index (χ0v) is 17.2. The lowest BCUT2D eigenvalue weighted by molar-refractivity contribution is -0.0591. The molecule has 30 heavy (non-hydrogen) atoms. The maximum Gasteiger partial charge on any atom is 0.435 e. The van der Waals surface area contributed by atoms with E-state index >= 15 is 0 Å². The lowest BCUT2D eigenvalue weighted by atomic mass is 10.0. The maximum absolute atomic E-state index is 13.2. The Hall–Kier alpha value is -3.17. The first-order valence-corrected chi connectivity index (χ1v) is 9.18. The van der Waals surface area contributed by atoms with Crippen LogP contribution >= 0.6 is 0 Å². The van der Waals surface area contributed by atoms with Crippen molar-refractivity contribution >= 4 is 23.5 Å². The Balaban J connectivity index is 2.74. The van der Waals surface area contributed by atoms with E-state index in [4.69, 9.17) is 0 Å². The van der Waals surface area contributed by atoms with Crippen molar-refractivity contribution in [3.05, 3.63) is 51.6 Å². The standard InChI is InChI=1S/C20H23F3N4O3/c1-5-7-16(27-9-6-8-17(25-27)20(21,22)23)15(11-24-2)13-10-14(19(29)30-4)18(28)26(3)12-13/h6,8,10-12H,5,7,9H2,1-4H3. The van der Waals surface area contributed by atoms with Gasteiger partial charge in [-0.3, -0.25) is 14.8 Å². The lowest BCUT2D eigenvalue weighted by Gasteiger charge is -2.27. The topological polar surface area (TPSA) is 76.3 Å². The van der Waals surface area contributed by atoms with E-state index in [1.165, 1.54) is 48.2 Å². The Kier molecular flexibility index (Phi) is 7.36. The fourth-order valence-electron chi connectivity index (χ4n) is 2.99. The second kappa shape index (κ2) is 9.55. The number of carbonyl (C=O) groups is 1. The normalized spacial score (nSPS) is 15.3. The van der Waals surface area contributed by atoms with E-state index in [9.17, 15) is 22.8 Å². The van der Waals surface area contributed by atoms with E-state index in [0.717, 1.165) is 13.2 Å². The van der Waals surface area contributed by atoms with Gasteiger partial charge in [-0.15, -0.1) is 0 Å². The molecular formula is C20H23F3N4O3. The number of nitrogens with zero attached hydrogens (tertiary/aromatic N) is 4. The summed E-state index contributed by atoms with van der Waals surface area (Å²) in [5, 5.41) is 5.04. The van der Waals surface area contributed by atoms with Gasteiger partial charge in [0.15, 0.2) is 5.71 Å². The average Bonchev–Trinajstić information content (AvgIpc) is 2.71. The number of aliphatic imine (C=N–C) groups is 1. The van der Waals surface area contributed by atoms with Crippen molar-refractivity contribution in [1.82, 2.24) is 9.58 Å². The molecule has 10 heteroatoms. The van der Waals surface area contributed by atoms with Gasteiger partial charge in [-0.1, -0.05) is 19.4 Å². The number of hydrogen-bond acceptors (Lipinski definition) is 6. The third-order valence-electron chi connectivity index (χ3n) is 4.34. The first-order chi connectivity index (χ1) is 14.1. The number of hydrogen-bond donors (Lipinski definition) is 0. The summed E-state index contributed by atoms with van der Waals surface area (Å²) in [5.74, 6) is -0.805. The molecule has 0 atom stereocenters. The molecule has 0 unspecified atom stereocenters. The zero-order valence-electron chi connectivity index (χ0n) is 17.2. The van der Waals surface area contributed by atoms with Crippen molar-refractivity contribution < 1.29 is 22.7 Å². The first kappa shape index (κ1) is 23.1. The molecule has 2 rings (SSSR count). The van der Waals surface area contributed by atoms with Crippen molar-refractivity contribution in [3.8, 4) is 0 Å². The number of alkyl halides is 3. The average molecular weight is 424 g/mol. The monoisotopic (exact) mass is 424 g/mol. The highest BCUT2D eigenvalue weighted by Crippen LogP contribution is 2.28. The van der Waals surface area contributed by atoms with E-state index in [0.29, 0.717) is 29.7 Å². The van der Waals surface area contributed by atoms with Crippen LogP contribution in [0.4, 0.5) is 13.2 Å². The molecular weight excluding hydrogens is 401 g/mol. The molecule has 0 fully saturated rings. The highest BCUT2D eigenvalue weighted by molar-refractivity contribution is 6.11. The SMILES string of the molecule is CCCC(=C(C=NC)c1cc(C(=O)OC)c(=O)n(C)c1)N1CC=CC(C(F)(F)F)=N1. The minimum absolute atomic E-state index is 0.144. The van der Waals surface area contributed by atoms with Crippen LogP contribution in [-0.4, -0.2) is 54.4 Å². The number of ether oxygens (including phenoxy) is 1. The van der Waals surface area contributed by atoms with Crippen LogP contribution in [0.1, 0.15) is 35.7 Å². The Morgan fingerprint density at radius 2 is 2.10 bits per heavy atom. The van der Waals surface area contributed by atoms with Crippen molar-refractivity contribution in [2.75, 3.05) is 20.7 Å². The predicted molar refractivity (Wildman–Crippen MR) is 109 cm³/mol. The van der Waals surface area contributed by atoms with Gasteiger partial charge in [-0.2, -0.15) is 18.3 Å². The summed E-state index contributed by atoms with van der Waals surface area (Å²) >= 11 is 0. The molecule has 0 N–H and O–H groups in total. The Bertz CT molecular complexity index is 988. The molecule has 0 bridgehead atoms. The van der Waals surface area contributed by atoms with E-state index in [1.807, 2.05) is 6.92 Å². The van der Waals surface area contributed by atoms with Crippen LogP contribution in [-0.2, 0) is 11.8 Å². The number of halogens is 3. The maximum atomic E-state index is 13.2. The molecule has 1 aliphatic rings. The van der Waals surface area contributed by atoms with Gasteiger partial charge in [0.25, 0.3) is 5.56 Å². The Morgan fingerprint density at radius 1 is 1.40 bits per heavy atom. The molecule has 2 heterocycles. The summed E-state index contributed by atoms with van der Waals surface area (Å²) in [6.07, 6.45) is 1.74. The van der Waals surface area contributed by atoms with Crippen LogP contribution in [0, 0.1) is 0 Å². The first-order valence-electron chi connectivity index (χ1n) is 9.18.